The van der Waals surface area contributed by atoms with E-state index < -0.39 is 12.0 Å². The lowest BCUT2D eigenvalue weighted by atomic mass is 9.95. The van der Waals surface area contributed by atoms with Crippen molar-refractivity contribution in [1.82, 2.24) is 15.5 Å². The molecule has 1 unspecified atom stereocenters. The van der Waals surface area contributed by atoms with Gasteiger partial charge in [0, 0.05) is 6.54 Å². The third kappa shape index (κ3) is 4.09. The molecule has 1 atom stereocenters. The van der Waals surface area contributed by atoms with Gasteiger partial charge in [-0.2, -0.15) is 0 Å². The van der Waals surface area contributed by atoms with Gasteiger partial charge in [0.15, 0.2) is 0 Å². The molecular formula is C23H23N3O5. The summed E-state index contributed by atoms with van der Waals surface area (Å²) in [6.07, 6.45) is 0.691. The normalized spacial score (nSPS) is 17.7. The fourth-order valence-electron chi connectivity index (χ4n) is 3.84. The van der Waals surface area contributed by atoms with Gasteiger partial charge in [-0.3, -0.25) is 4.79 Å². The maximum Gasteiger partial charge on any atom is 0.337 e. The van der Waals surface area contributed by atoms with E-state index in [0.717, 1.165) is 16.9 Å². The van der Waals surface area contributed by atoms with Crippen molar-refractivity contribution in [1.29, 1.82) is 0 Å². The van der Waals surface area contributed by atoms with E-state index in [1.54, 1.807) is 36.3 Å². The van der Waals surface area contributed by atoms with Crippen LogP contribution in [0.2, 0.25) is 0 Å². The number of urea groups is 1. The van der Waals surface area contributed by atoms with Crippen molar-refractivity contribution in [3.63, 3.8) is 0 Å². The number of methoxy groups -OCH3 is 2. The third-order valence-electron chi connectivity index (χ3n) is 5.51. The van der Waals surface area contributed by atoms with Crippen LogP contribution in [0.1, 0.15) is 27.5 Å². The molecule has 0 saturated heterocycles. The standard InChI is InChI=1S/C23H23N3O5/c1-30-17-9-3-14(4-10-17)11-12-26-13-18-19(21(26)27)20(25-23(29)24-18)15-5-7-16(8-6-15)22(28)31-2/h3-10,20H,11-13H2,1-2H3,(H2,24,25,29). The average Bonchev–Trinajstić information content (AvgIpc) is 3.12. The molecule has 2 N–H and O–H groups in total. The number of amides is 3. The number of carbonyl (C=O) groups excluding carboxylic acids is 3. The van der Waals surface area contributed by atoms with E-state index >= 15 is 0 Å². The van der Waals surface area contributed by atoms with Gasteiger partial charge >= 0.3 is 12.0 Å². The number of nitrogens with zero attached hydrogens (tertiary/aromatic N) is 1. The number of hydrogen-bond acceptors (Lipinski definition) is 5. The van der Waals surface area contributed by atoms with E-state index in [2.05, 4.69) is 10.6 Å². The van der Waals surface area contributed by atoms with Crippen LogP contribution in [0.15, 0.2) is 59.8 Å². The highest BCUT2D eigenvalue weighted by molar-refractivity contribution is 6.01. The van der Waals surface area contributed by atoms with Gasteiger partial charge in [-0.15, -0.1) is 0 Å². The fraction of sp³-hybridized carbons (Fsp3) is 0.261. The fourth-order valence-corrected chi connectivity index (χ4v) is 3.84. The molecule has 2 aromatic rings. The molecule has 0 bridgehead atoms. The molecule has 2 aromatic carbocycles. The summed E-state index contributed by atoms with van der Waals surface area (Å²) in [5.74, 6) is 0.230. The summed E-state index contributed by atoms with van der Waals surface area (Å²) in [5, 5.41) is 5.59. The SMILES string of the molecule is COC(=O)c1ccc(C2NC(=O)NC3=C2C(=O)N(CCc2ccc(OC)cc2)C3)cc1. The Kier molecular flexibility index (Phi) is 5.62. The van der Waals surface area contributed by atoms with Gasteiger partial charge in [-0.1, -0.05) is 24.3 Å². The number of rotatable bonds is 6. The molecular weight excluding hydrogens is 398 g/mol. The first-order chi connectivity index (χ1) is 15.0. The number of carbonyl (C=O) groups is 3. The van der Waals surface area contributed by atoms with Gasteiger partial charge in [0.05, 0.1) is 43.6 Å². The number of nitrogens with one attached hydrogen (secondary N) is 2. The van der Waals surface area contributed by atoms with Crippen LogP contribution in [0, 0.1) is 0 Å². The summed E-state index contributed by atoms with van der Waals surface area (Å²) >= 11 is 0. The summed E-state index contributed by atoms with van der Waals surface area (Å²) < 4.78 is 9.89. The third-order valence-corrected chi connectivity index (χ3v) is 5.51. The van der Waals surface area contributed by atoms with Crippen LogP contribution in [0.25, 0.3) is 0 Å². The van der Waals surface area contributed by atoms with E-state index in [9.17, 15) is 14.4 Å². The Labute approximate surface area is 179 Å². The summed E-state index contributed by atoms with van der Waals surface area (Å²) in [6, 6.07) is 13.5. The first-order valence-corrected chi connectivity index (χ1v) is 9.91. The molecule has 8 heteroatoms. The van der Waals surface area contributed by atoms with Crippen molar-refractivity contribution in [3.8, 4) is 5.75 Å². The smallest absolute Gasteiger partial charge is 0.337 e. The Morgan fingerprint density at radius 2 is 1.77 bits per heavy atom. The summed E-state index contributed by atoms with van der Waals surface area (Å²) in [7, 11) is 2.94. The minimum Gasteiger partial charge on any atom is -0.497 e. The molecule has 0 radical (unpaired) electrons. The maximum atomic E-state index is 13.2. The number of esters is 1. The minimum atomic E-state index is -0.575. The van der Waals surface area contributed by atoms with E-state index in [1.165, 1.54) is 7.11 Å². The Hall–Kier alpha value is -3.81. The maximum absolute atomic E-state index is 13.2. The number of benzene rings is 2. The van der Waals surface area contributed by atoms with Crippen LogP contribution in [0.5, 0.6) is 5.75 Å². The number of hydrogen-bond donors (Lipinski definition) is 2. The molecule has 0 saturated carbocycles. The molecule has 2 heterocycles. The molecule has 4 rings (SSSR count). The van der Waals surface area contributed by atoms with Crippen molar-refractivity contribution in [2.24, 2.45) is 0 Å². The predicted molar refractivity (Wildman–Crippen MR) is 112 cm³/mol. The zero-order valence-corrected chi connectivity index (χ0v) is 17.3. The molecule has 0 aliphatic carbocycles. The highest BCUT2D eigenvalue weighted by Gasteiger charge is 2.40. The quantitative estimate of drug-likeness (QED) is 0.697. The van der Waals surface area contributed by atoms with Crippen LogP contribution in [0.4, 0.5) is 4.79 Å². The monoisotopic (exact) mass is 421 g/mol. The summed E-state index contributed by atoms with van der Waals surface area (Å²) in [6.45, 7) is 0.885. The Morgan fingerprint density at radius 3 is 2.42 bits per heavy atom. The highest BCUT2D eigenvalue weighted by atomic mass is 16.5. The topological polar surface area (TPSA) is 97.0 Å². The Morgan fingerprint density at radius 1 is 1.06 bits per heavy atom. The first kappa shape index (κ1) is 20.5. The van der Waals surface area contributed by atoms with Crippen LogP contribution in [0.3, 0.4) is 0 Å². The van der Waals surface area contributed by atoms with E-state index in [0.29, 0.717) is 36.3 Å². The van der Waals surface area contributed by atoms with Crippen LogP contribution >= 0.6 is 0 Å². The number of ether oxygens (including phenoxy) is 2. The van der Waals surface area contributed by atoms with Crippen molar-refractivity contribution < 1.29 is 23.9 Å². The lowest BCUT2D eigenvalue weighted by molar-refractivity contribution is -0.125. The molecule has 0 fully saturated rings. The zero-order valence-electron chi connectivity index (χ0n) is 17.3. The van der Waals surface area contributed by atoms with Crippen LogP contribution in [-0.4, -0.2) is 50.1 Å². The molecule has 31 heavy (non-hydrogen) atoms. The second-order valence-electron chi connectivity index (χ2n) is 7.36. The molecule has 8 nitrogen and oxygen atoms in total. The molecule has 2 aliphatic heterocycles. The van der Waals surface area contributed by atoms with Crippen molar-refractivity contribution in [3.05, 3.63) is 76.5 Å². The van der Waals surface area contributed by atoms with Gasteiger partial charge in [0.2, 0.25) is 0 Å². The molecule has 160 valence electrons. The van der Waals surface area contributed by atoms with Gasteiger partial charge in [0.1, 0.15) is 5.75 Å². The van der Waals surface area contributed by atoms with Gasteiger partial charge in [0.25, 0.3) is 5.91 Å². The second kappa shape index (κ2) is 8.51. The van der Waals surface area contributed by atoms with E-state index in [1.807, 2.05) is 24.3 Å². The van der Waals surface area contributed by atoms with Crippen molar-refractivity contribution >= 4 is 17.9 Å². The van der Waals surface area contributed by atoms with Crippen LogP contribution < -0.4 is 15.4 Å². The summed E-state index contributed by atoms with van der Waals surface area (Å²) in [4.78, 5) is 38.8. The predicted octanol–water partition coefficient (Wildman–Crippen LogP) is 2.17. The Bertz CT molecular complexity index is 1040. The minimum absolute atomic E-state index is 0.113. The first-order valence-electron chi connectivity index (χ1n) is 9.91. The van der Waals surface area contributed by atoms with Gasteiger partial charge in [-0.05, 0) is 41.8 Å². The molecule has 2 aliphatic rings. The van der Waals surface area contributed by atoms with Crippen molar-refractivity contribution in [2.45, 2.75) is 12.5 Å². The van der Waals surface area contributed by atoms with E-state index in [4.69, 9.17) is 9.47 Å². The zero-order chi connectivity index (χ0) is 22.0. The molecule has 0 aromatic heterocycles. The lowest BCUT2D eigenvalue weighted by Gasteiger charge is -2.25. The molecule has 0 spiro atoms. The average molecular weight is 421 g/mol. The second-order valence-corrected chi connectivity index (χ2v) is 7.36. The van der Waals surface area contributed by atoms with Gasteiger partial charge < -0.3 is 25.0 Å². The largest absolute Gasteiger partial charge is 0.497 e. The summed E-state index contributed by atoms with van der Waals surface area (Å²) in [5.41, 5.74) is 3.36. The van der Waals surface area contributed by atoms with Gasteiger partial charge in [-0.25, -0.2) is 9.59 Å². The highest BCUT2D eigenvalue weighted by Crippen LogP contribution is 2.32. The Balaban J connectivity index is 1.50. The van der Waals surface area contributed by atoms with Crippen molar-refractivity contribution in [2.75, 3.05) is 27.3 Å². The lowest BCUT2D eigenvalue weighted by Crippen LogP contribution is -2.44. The van der Waals surface area contributed by atoms with Crippen LogP contribution in [-0.2, 0) is 16.0 Å². The molecule has 3 amide bonds. The van der Waals surface area contributed by atoms with E-state index in [-0.39, 0.29) is 11.9 Å².